The number of anilines is 4. The van der Waals surface area contributed by atoms with Gasteiger partial charge in [0.05, 0.1) is 0 Å². The van der Waals surface area contributed by atoms with E-state index in [1.54, 1.807) is 0 Å². The van der Waals surface area contributed by atoms with Crippen LogP contribution in [0.15, 0.2) is 200 Å². The minimum atomic E-state index is -3.01. The Labute approximate surface area is 485 Å². The Morgan fingerprint density at radius 2 is 1.07 bits per heavy atom. The third-order valence-corrected chi connectivity index (χ3v) is 21.3. The van der Waals surface area contributed by atoms with E-state index < -0.39 is 8.07 Å². The van der Waals surface area contributed by atoms with Crippen LogP contribution in [0.2, 0.25) is 0 Å². The van der Waals surface area contributed by atoms with Crippen molar-refractivity contribution in [1.29, 1.82) is 0 Å². The Hall–Kier alpha value is -7.96. The molecule has 3 aliphatic heterocycles. The molecule has 0 radical (unpaired) electrons. The van der Waals surface area contributed by atoms with Crippen molar-refractivity contribution in [2.75, 3.05) is 9.80 Å². The minimum Gasteiger partial charge on any atom is -0.509 e. The van der Waals surface area contributed by atoms with Gasteiger partial charge in [-0.1, -0.05) is 195 Å². The van der Waals surface area contributed by atoms with Crippen LogP contribution in [0.4, 0.5) is 22.7 Å². The van der Waals surface area contributed by atoms with Gasteiger partial charge in [0.25, 0.3) is 0 Å². The van der Waals surface area contributed by atoms with Gasteiger partial charge in [0.1, 0.15) is 17.3 Å². The molecular weight excluding hydrogens is 1180 g/mol. The SMILES string of the molecule is CC(C)(C)c1cc(-c2cccc(-c3ccccc3)c2N2[CH-]N(c3[c-]c(Oc4[c-]c5c6c(c4)[Si]4(c7ccccc7Oc7ccccc74)c4cccc(c46)n5-c4cc(C(C)(C)C)ccn4)ccc3)c3ccccc32)cc(C(C)(C)C)c1.[Pt]. The molecule has 9 aromatic carbocycles. The number of pyridine rings is 1. The van der Waals surface area contributed by atoms with Gasteiger partial charge in [-0.15, -0.1) is 53.3 Å². The molecule has 0 unspecified atom stereocenters. The van der Waals surface area contributed by atoms with E-state index in [-0.39, 0.29) is 37.3 Å². The number of hydrogen-bond donors (Lipinski definition) is 0. The van der Waals surface area contributed by atoms with E-state index in [0.29, 0.717) is 11.5 Å². The van der Waals surface area contributed by atoms with Crippen molar-refractivity contribution in [1.82, 2.24) is 9.55 Å². The molecule has 5 heterocycles. The average Bonchev–Trinajstić information content (AvgIpc) is 4.25. The summed E-state index contributed by atoms with van der Waals surface area (Å²) in [6.07, 6.45) is 1.94. The summed E-state index contributed by atoms with van der Waals surface area (Å²) in [6, 6.07) is 78.0. The fraction of sp³-hybridized carbons (Fsp3) is 0.167. The predicted molar refractivity (Wildman–Crippen MR) is 328 cm³/mol. The summed E-state index contributed by atoms with van der Waals surface area (Å²) in [5.41, 5.74) is 14.4. The molecule has 0 fully saturated rings. The number of para-hydroxylation sites is 5. The summed E-state index contributed by atoms with van der Waals surface area (Å²) in [4.78, 5) is 9.71. The first-order valence-corrected chi connectivity index (χ1v) is 29.5. The van der Waals surface area contributed by atoms with Crippen LogP contribution in [0.1, 0.15) is 79.0 Å². The molecule has 8 heteroatoms. The Morgan fingerprint density at radius 1 is 0.487 bits per heavy atom. The summed E-state index contributed by atoms with van der Waals surface area (Å²) in [5, 5.41) is 7.47. The molecule has 0 atom stereocenters. The molecule has 398 valence electrons. The Balaban J connectivity index is 0.00000605. The standard InChI is InChI=1S/C72H61N4O2Si.Pt/c1-70(2,3)48-36-37-73-66(41-48)76-58-30-21-35-64-67(58)68-59(76)43-53(44-65(68)79(64)62-33-17-15-31-60(62)78-61-32-16-18-34-63(61)79)77-52-25-19-24-51(42-52)74-45-75(57-29-14-13-28-56(57)74)69-54(46-22-11-10-12-23-46)26-20-27-55(69)47-38-49(71(4,5)6)40-50(39-47)72(7,8)9;/h10-41,44-45H,1-9H3;/q-3;. The number of ether oxygens (including phenoxy) is 2. The van der Waals surface area contributed by atoms with Crippen molar-refractivity contribution in [3.8, 4) is 51.1 Å². The Bertz CT molecular complexity index is 4200. The van der Waals surface area contributed by atoms with Gasteiger partial charge < -0.3 is 23.8 Å². The number of fused-ring (bicyclic) bond motifs is 7. The fourth-order valence-electron chi connectivity index (χ4n) is 12.5. The van der Waals surface area contributed by atoms with Crippen LogP contribution in [-0.2, 0) is 37.3 Å². The normalized spacial score (nSPS) is 14.1. The van der Waals surface area contributed by atoms with Crippen LogP contribution < -0.4 is 40.0 Å². The smallest absolute Gasteiger partial charge is 0.165 e. The van der Waals surface area contributed by atoms with Crippen molar-refractivity contribution in [2.45, 2.75) is 78.6 Å². The molecule has 1 spiro atoms. The zero-order valence-electron chi connectivity index (χ0n) is 46.6. The third kappa shape index (κ3) is 8.10. The van der Waals surface area contributed by atoms with Gasteiger partial charge in [-0.25, -0.2) is 4.98 Å². The topological polar surface area (TPSA) is 42.8 Å². The van der Waals surface area contributed by atoms with Crippen molar-refractivity contribution < 1.29 is 30.5 Å². The molecule has 14 rings (SSSR count). The largest absolute Gasteiger partial charge is 0.509 e. The number of rotatable bonds is 7. The molecule has 0 N–H and O–H groups in total. The first kappa shape index (κ1) is 51.5. The molecule has 11 aromatic rings. The van der Waals surface area contributed by atoms with Gasteiger partial charge in [-0.2, -0.15) is 6.07 Å². The molecule has 0 saturated heterocycles. The van der Waals surface area contributed by atoms with E-state index >= 15 is 0 Å². The number of hydrogen-bond acceptors (Lipinski definition) is 5. The number of nitrogens with zero attached hydrogens (tertiary/aromatic N) is 4. The van der Waals surface area contributed by atoms with Gasteiger partial charge in [0.2, 0.25) is 0 Å². The first-order valence-electron chi connectivity index (χ1n) is 27.5. The minimum absolute atomic E-state index is 0. The Morgan fingerprint density at radius 3 is 1.75 bits per heavy atom. The van der Waals surface area contributed by atoms with E-state index in [9.17, 15) is 0 Å². The number of aromatic nitrogens is 2. The molecule has 2 aromatic heterocycles. The second-order valence-corrected chi connectivity index (χ2v) is 28.2. The van der Waals surface area contributed by atoms with Gasteiger partial charge in [0, 0.05) is 72.5 Å². The van der Waals surface area contributed by atoms with Gasteiger partial charge >= 0.3 is 0 Å². The molecule has 6 nitrogen and oxygen atoms in total. The summed E-state index contributed by atoms with van der Waals surface area (Å²) in [5.74, 6) is 3.84. The van der Waals surface area contributed by atoms with Crippen LogP contribution in [-0.4, -0.2) is 17.6 Å². The molecule has 0 saturated carbocycles. The second kappa shape index (κ2) is 18.8. The maximum atomic E-state index is 7.21. The maximum absolute atomic E-state index is 7.21. The zero-order chi connectivity index (χ0) is 54.2. The number of benzene rings is 9. The monoisotopic (exact) mass is 1240 g/mol. The van der Waals surface area contributed by atoms with E-state index in [2.05, 4.69) is 284 Å². The summed E-state index contributed by atoms with van der Waals surface area (Å²) >= 11 is 0. The molecule has 80 heavy (non-hydrogen) atoms. The van der Waals surface area contributed by atoms with Crippen LogP contribution in [0.25, 0.3) is 49.9 Å². The Kier molecular flexibility index (Phi) is 12.1. The van der Waals surface area contributed by atoms with Crippen LogP contribution in [0, 0.1) is 18.8 Å². The zero-order valence-corrected chi connectivity index (χ0v) is 49.8. The van der Waals surface area contributed by atoms with E-state index in [0.717, 1.165) is 67.8 Å². The maximum Gasteiger partial charge on any atom is 0.165 e. The molecular formula is C72H61N4O2PtSi-3. The molecule has 0 aliphatic carbocycles. The van der Waals surface area contributed by atoms with Crippen molar-refractivity contribution in [2.24, 2.45) is 0 Å². The van der Waals surface area contributed by atoms with Gasteiger partial charge in [0.15, 0.2) is 8.07 Å². The molecule has 0 amide bonds. The molecule has 3 aliphatic rings. The van der Waals surface area contributed by atoms with E-state index in [1.165, 1.54) is 53.8 Å². The fourth-order valence-corrected chi connectivity index (χ4v) is 17.9. The summed E-state index contributed by atoms with van der Waals surface area (Å²) < 4.78 is 16.3. The van der Waals surface area contributed by atoms with Gasteiger partial charge in [-0.3, -0.25) is 0 Å². The van der Waals surface area contributed by atoms with Gasteiger partial charge in [-0.05, 0) is 107 Å². The average molecular weight is 1240 g/mol. The summed E-state index contributed by atoms with van der Waals surface area (Å²) in [7, 11) is -3.01. The van der Waals surface area contributed by atoms with Crippen LogP contribution in [0.3, 0.4) is 0 Å². The third-order valence-electron chi connectivity index (χ3n) is 16.4. The van der Waals surface area contributed by atoms with E-state index in [4.69, 9.17) is 14.5 Å². The van der Waals surface area contributed by atoms with Crippen LogP contribution in [0.5, 0.6) is 23.0 Å². The first-order chi connectivity index (χ1) is 38.1. The second-order valence-electron chi connectivity index (χ2n) is 24.5. The quantitative estimate of drug-likeness (QED) is 0.118. The molecule has 0 bridgehead atoms. The van der Waals surface area contributed by atoms with Crippen molar-refractivity contribution in [3.63, 3.8) is 0 Å². The van der Waals surface area contributed by atoms with Crippen LogP contribution >= 0.6 is 0 Å². The van der Waals surface area contributed by atoms with Crippen molar-refractivity contribution in [3.05, 3.63) is 236 Å². The van der Waals surface area contributed by atoms with E-state index in [1.807, 2.05) is 12.3 Å². The summed E-state index contributed by atoms with van der Waals surface area (Å²) in [6.45, 7) is 22.8. The van der Waals surface area contributed by atoms with Crippen molar-refractivity contribution >= 4 is 73.4 Å². The predicted octanol–water partition coefficient (Wildman–Crippen LogP) is 16.0.